The molecule has 34 heavy (non-hydrogen) atoms. The molecular formula is C25H25NO8. The van der Waals surface area contributed by atoms with Crippen LogP contribution in [-0.4, -0.2) is 35.8 Å². The molecule has 3 atom stereocenters. The molecule has 0 spiro atoms. The quantitative estimate of drug-likeness (QED) is 0.272. The molecule has 2 aromatic carbocycles. The number of ether oxygens (including phenoxy) is 4. The van der Waals surface area contributed by atoms with Crippen LogP contribution in [0.1, 0.15) is 50.7 Å². The Labute approximate surface area is 196 Å². The predicted octanol–water partition coefficient (Wildman–Crippen LogP) is 3.85. The van der Waals surface area contributed by atoms with Gasteiger partial charge in [-0.05, 0) is 31.4 Å². The van der Waals surface area contributed by atoms with Gasteiger partial charge in [0.1, 0.15) is 5.75 Å². The number of carbonyl (C=O) groups excluding carboxylic acids is 2. The molecule has 0 aromatic heterocycles. The molecule has 9 nitrogen and oxygen atoms in total. The van der Waals surface area contributed by atoms with E-state index in [1.165, 1.54) is 6.07 Å². The van der Waals surface area contributed by atoms with Crippen molar-refractivity contribution in [3.05, 3.63) is 63.7 Å². The van der Waals surface area contributed by atoms with Gasteiger partial charge in [0.25, 0.3) is 0 Å². The first-order valence-electron chi connectivity index (χ1n) is 11.1. The van der Waals surface area contributed by atoms with Crippen molar-refractivity contribution in [3.8, 4) is 17.2 Å². The number of fused-ring (bicyclic) bond motifs is 3. The lowest BCUT2D eigenvalue weighted by atomic mass is 9.66. The summed E-state index contributed by atoms with van der Waals surface area (Å²) < 4.78 is 22.5. The second kappa shape index (κ2) is 7.44. The molecule has 1 saturated carbocycles. The minimum Gasteiger partial charge on any atom is -0.454 e. The minimum absolute atomic E-state index is 0.00957. The standard InChI is InChI=1S/C25H25NO8/c1-23(2)24(3)9-10-25(23,34-21(24)27)22(28)33-18-12-20-19(31-14-32-20)11-16(18)17(13-26(29)30)15-7-5-4-6-8-15/h4-8,11-12,17H,9-10,13-14H2,1-3H3/t17-,24-,25+/m0/s1. The molecule has 0 N–H and O–H groups in total. The smallest absolute Gasteiger partial charge is 0.356 e. The third kappa shape index (κ3) is 2.99. The Kier molecular flexibility index (Phi) is 4.86. The number of benzene rings is 2. The van der Waals surface area contributed by atoms with E-state index in [0.29, 0.717) is 35.5 Å². The largest absolute Gasteiger partial charge is 0.454 e. The molecule has 1 saturated heterocycles. The van der Waals surface area contributed by atoms with Crippen LogP contribution in [0.25, 0.3) is 0 Å². The zero-order valence-electron chi connectivity index (χ0n) is 19.2. The van der Waals surface area contributed by atoms with Gasteiger partial charge in [0.05, 0.1) is 11.3 Å². The fourth-order valence-corrected chi connectivity index (χ4v) is 5.40. The van der Waals surface area contributed by atoms with Crippen LogP contribution < -0.4 is 14.2 Å². The molecule has 178 valence electrons. The monoisotopic (exact) mass is 467 g/mol. The van der Waals surface area contributed by atoms with Crippen molar-refractivity contribution in [3.63, 3.8) is 0 Å². The molecular weight excluding hydrogens is 442 g/mol. The lowest BCUT2D eigenvalue weighted by Crippen LogP contribution is -2.50. The Morgan fingerprint density at radius 3 is 2.38 bits per heavy atom. The van der Waals surface area contributed by atoms with Gasteiger partial charge in [-0.15, -0.1) is 0 Å². The van der Waals surface area contributed by atoms with Crippen molar-refractivity contribution in [2.24, 2.45) is 10.8 Å². The predicted molar refractivity (Wildman–Crippen MR) is 118 cm³/mol. The Bertz CT molecular complexity index is 1190. The highest BCUT2D eigenvalue weighted by molar-refractivity contribution is 5.94. The highest BCUT2D eigenvalue weighted by Gasteiger charge is 2.76. The number of rotatable bonds is 6. The Hall–Kier alpha value is -3.62. The van der Waals surface area contributed by atoms with E-state index in [4.69, 9.17) is 18.9 Å². The fraction of sp³-hybridized carbons (Fsp3) is 0.440. The highest BCUT2D eigenvalue weighted by atomic mass is 16.7. The maximum Gasteiger partial charge on any atom is 0.356 e. The van der Waals surface area contributed by atoms with E-state index in [9.17, 15) is 19.7 Å². The van der Waals surface area contributed by atoms with Crippen LogP contribution >= 0.6 is 0 Å². The number of carbonyl (C=O) groups is 2. The van der Waals surface area contributed by atoms with E-state index >= 15 is 0 Å². The van der Waals surface area contributed by atoms with E-state index in [0.717, 1.165) is 0 Å². The van der Waals surface area contributed by atoms with Crippen LogP contribution in [0.5, 0.6) is 17.2 Å². The average molecular weight is 467 g/mol. The van der Waals surface area contributed by atoms with E-state index in [-0.39, 0.29) is 12.5 Å². The molecule has 2 bridgehead atoms. The van der Waals surface area contributed by atoms with Crippen LogP contribution in [0, 0.1) is 20.9 Å². The van der Waals surface area contributed by atoms with Gasteiger partial charge in [0.15, 0.2) is 11.5 Å². The van der Waals surface area contributed by atoms with Gasteiger partial charge in [-0.1, -0.05) is 44.2 Å². The van der Waals surface area contributed by atoms with E-state index in [2.05, 4.69) is 0 Å². The van der Waals surface area contributed by atoms with Gasteiger partial charge in [-0.2, -0.15) is 0 Å². The molecule has 2 aliphatic heterocycles. The molecule has 0 radical (unpaired) electrons. The Balaban J connectivity index is 1.58. The zero-order valence-corrected chi connectivity index (χ0v) is 19.2. The minimum atomic E-state index is -1.43. The van der Waals surface area contributed by atoms with Crippen LogP contribution in [0.3, 0.4) is 0 Å². The van der Waals surface area contributed by atoms with Crippen molar-refractivity contribution in [1.29, 1.82) is 0 Å². The van der Waals surface area contributed by atoms with Crippen LogP contribution in [-0.2, 0) is 14.3 Å². The first kappa shape index (κ1) is 22.2. The molecule has 3 aliphatic rings. The zero-order chi connectivity index (χ0) is 24.3. The summed E-state index contributed by atoms with van der Waals surface area (Å²) in [6.07, 6.45) is 0.855. The second-order valence-corrected chi connectivity index (χ2v) is 9.79. The number of hydrogen-bond acceptors (Lipinski definition) is 8. The van der Waals surface area contributed by atoms with Gasteiger partial charge in [0, 0.05) is 22.0 Å². The SMILES string of the molecule is CC1(C)[C@@]2(C)CC[C@]1(C(=O)Oc1cc3c(cc1[C@@H](C[N+](=O)[O-])c1ccccc1)OCO3)OC2=O. The number of nitro groups is 1. The molecule has 2 aromatic rings. The van der Waals surface area contributed by atoms with Gasteiger partial charge in [-0.25, -0.2) is 4.79 Å². The molecule has 5 rings (SSSR count). The summed E-state index contributed by atoms with van der Waals surface area (Å²) in [6.45, 7) is 5.06. The molecule has 0 amide bonds. The summed E-state index contributed by atoms with van der Waals surface area (Å²) in [5, 5.41) is 11.6. The van der Waals surface area contributed by atoms with Crippen molar-refractivity contribution in [2.45, 2.75) is 45.1 Å². The first-order valence-corrected chi connectivity index (χ1v) is 11.1. The summed E-state index contributed by atoms with van der Waals surface area (Å²) in [6, 6.07) is 12.1. The number of nitrogens with zero attached hydrogens (tertiary/aromatic N) is 1. The third-order valence-electron chi connectivity index (χ3n) is 8.03. The lowest BCUT2D eigenvalue weighted by molar-refractivity contribution is -0.481. The lowest BCUT2D eigenvalue weighted by Gasteiger charge is -2.34. The topological polar surface area (TPSA) is 114 Å². The van der Waals surface area contributed by atoms with Crippen LogP contribution in [0.2, 0.25) is 0 Å². The fourth-order valence-electron chi connectivity index (χ4n) is 5.40. The molecule has 0 unspecified atom stereocenters. The molecule has 2 fully saturated rings. The van der Waals surface area contributed by atoms with Gasteiger partial charge >= 0.3 is 11.9 Å². The summed E-state index contributed by atoms with van der Waals surface area (Å²) >= 11 is 0. The number of hydrogen-bond donors (Lipinski definition) is 0. The third-order valence-corrected chi connectivity index (χ3v) is 8.03. The van der Waals surface area contributed by atoms with Crippen LogP contribution in [0.15, 0.2) is 42.5 Å². The summed E-state index contributed by atoms with van der Waals surface area (Å²) in [7, 11) is 0. The van der Waals surface area contributed by atoms with E-state index in [1.54, 1.807) is 30.3 Å². The maximum atomic E-state index is 13.6. The Morgan fingerprint density at radius 1 is 1.12 bits per heavy atom. The highest BCUT2D eigenvalue weighted by Crippen LogP contribution is 2.66. The van der Waals surface area contributed by atoms with Gasteiger partial charge in [-0.3, -0.25) is 14.9 Å². The number of esters is 2. The normalized spacial score (nSPS) is 26.7. The van der Waals surface area contributed by atoms with E-state index < -0.39 is 45.8 Å². The van der Waals surface area contributed by atoms with Gasteiger partial charge in [0.2, 0.25) is 18.9 Å². The van der Waals surface area contributed by atoms with Gasteiger partial charge < -0.3 is 18.9 Å². The molecule has 1 aliphatic carbocycles. The van der Waals surface area contributed by atoms with Crippen molar-refractivity contribution in [2.75, 3.05) is 13.3 Å². The summed E-state index contributed by atoms with van der Waals surface area (Å²) in [5.74, 6) is -0.915. The summed E-state index contributed by atoms with van der Waals surface area (Å²) in [5.41, 5.74) is -1.90. The maximum absolute atomic E-state index is 13.6. The molecule has 2 heterocycles. The first-order chi connectivity index (χ1) is 16.1. The molecule has 9 heteroatoms. The van der Waals surface area contributed by atoms with E-state index in [1.807, 2.05) is 26.8 Å². The van der Waals surface area contributed by atoms with Crippen molar-refractivity contribution in [1.82, 2.24) is 0 Å². The average Bonchev–Trinajstić information content (AvgIpc) is 3.38. The van der Waals surface area contributed by atoms with Crippen molar-refractivity contribution >= 4 is 11.9 Å². The second-order valence-electron chi connectivity index (χ2n) is 9.79. The van der Waals surface area contributed by atoms with Crippen LogP contribution in [0.4, 0.5) is 0 Å². The Morgan fingerprint density at radius 2 is 1.79 bits per heavy atom. The van der Waals surface area contributed by atoms with Crippen molar-refractivity contribution < 1.29 is 33.5 Å². The summed E-state index contributed by atoms with van der Waals surface area (Å²) in [4.78, 5) is 37.4.